The molecule has 2 saturated carbocycles. The summed E-state index contributed by atoms with van der Waals surface area (Å²) in [7, 11) is -2.45. The molecule has 304 valence electrons. The monoisotopic (exact) mass is 849 g/mol. The van der Waals surface area contributed by atoms with E-state index in [0.29, 0.717) is 25.3 Å². The molecule has 0 aliphatic heterocycles. The first-order chi connectivity index (χ1) is 27.1. The van der Waals surface area contributed by atoms with E-state index < -0.39 is 92.4 Å². The quantitative estimate of drug-likeness (QED) is 0.110. The van der Waals surface area contributed by atoms with Crippen LogP contribution < -0.4 is 10.5 Å². The Morgan fingerprint density at radius 1 is 1.10 bits per heavy atom. The van der Waals surface area contributed by atoms with Crippen molar-refractivity contribution in [2.24, 2.45) is 18.7 Å². The lowest BCUT2D eigenvalue weighted by Crippen LogP contribution is -2.37. The Hall–Kier alpha value is -5.19. The molecule has 0 radical (unpaired) electrons. The van der Waals surface area contributed by atoms with Crippen LogP contribution in [0.3, 0.4) is 0 Å². The minimum absolute atomic E-state index is 0.0399. The van der Waals surface area contributed by atoms with Gasteiger partial charge < -0.3 is 10.8 Å². The van der Waals surface area contributed by atoms with Crippen LogP contribution in [0.5, 0.6) is 0 Å². The van der Waals surface area contributed by atoms with Gasteiger partial charge in [0.15, 0.2) is 11.5 Å². The predicted molar refractivity (Wildman–Crippen MR) is 196 cm³/mol. The highest BCUT2D eigenvalue weighted by Gasteiger charge is 2.69. The average molecular weight is 850 g/mol. The molecule has 3 aromatic heterocycles. The number of anilines is 1. The SMILES string of the molecule is Cn1nc(NS(C)(=O)=O)c2c(Cl)ccc(-c3ccc(C#CC4(O)CCC4)nc3[C@@H](Cc3cc(F)cc(F)c3)C(C(N)=O)n3nc(C(F)(F)F)c4c3C(F)(F)[C@@H]3C[C@H]43)c21. The minimum Gasteiger partial charge on any atom is -0.378 e. The maximum absolute atomic E-state index is 16.1. The maximum Gasteiger partial charge on any atom is 0.435 e. The smallest absolute Gasteiger partial charge is 0.378 e. The topological polar surface area (TPSA) is 158 Å². The number of alkyl halides is 5. The van der Waals surface area contributed by atoms with Crippen LogP contribution in [0.25, 0.3) is 22.0 Å². The van der Waals surface area contributed by atoms with E-state index in [9.17, 15) is 40.3 Å². The highest BCUT2D eigenvalue weighted by molar-refractivity contribution is 7.92. The third kappa shape index (κ3) is 6.83. The number of nitrogens with two attached hydrogens (primary N) is 1. The largest absolute Gasteiger partial charge is 0.435 e. The summed E-state index contributed by atoms with van der Waals surface area (Å²) in [6, 6.07) is 5.91. The van der Waals surface area contributed by atoms with E-state index in [1.807, 2.05) is 0 Å². The summed E-state index contributed by atoms with van der Waals surface area (Å²) in [5, 5.41) is 18.8. The Kier molecular flexibility index (Phi) is 9.17. The molecule has 3 heterocycles. The van der Waals surface area contributed by atoms with Gasteiger partial charge in [0.1, 0.15) is 34.7 Å². The zero-order valence-corrected chi connectivity index (χ0v) is 31.9. The second kappa shape index (κ2) is 13.4. The van der Waals surface area contributed by atoms with E-state index in [1.165, 1.54) is 36.0 Å². The first kappa shape index (κ1) is 39.6. The fourth-order valence-electron chi connectivity index (χ4n) is 8.18. The number of fused-ring (bicyclic) bond motifs is 4. The second-order valence-corrected chi connectivity index (χ2v) is 17.1. The van der Waals surface area contributed by atoms with E-state index in [-0.39, 0.29) is 60.9 Å². The number of aliphatic hydroxyl groups is 1. The number of halogens is 8. The number of aryl methyl sites for hydroxylation is 1. The molecular weight excluding hydrogens is 819 g/mol. The molecule has 11 nitrogen and oxygen atoms in total. The van der Waals surface area contributed by atoms with Crippen LogP contribution in [-0.4, -0.2) is 55.8 Å². The summed E-state index contributed by atoms with van der Waals surface area (Å²) in [4.78, 5) is 18.5. The number of carbonyl (C=O) groups excluding carboxylic acids is 1. The van der Waals surface area contributed by atoms with E-state index in [1.54, 1.807) is 0 Å². The molecule has 5 aromatic rings. The number of hydrogen-bond donors (Lipinski definition) is 3. The zero-order valence-electron chi connectivity index (χ0n) is 30.3. The molecule has 0 spiro atoms. The van der Waals surface area contributed by atoms with Gasteiger partial charge in [-0.25, -0.2) is 26.9 Å². The zero-order chi connectivity index (χ0) is 41.9. The van der Waals surface area contributed by atoms with E-state index in [4.69, 9.17) is 22.3 Å². The molecule has 3 aliphatic rings. The minimum atomic E-state index is -5.22. The summed E-state index contributed by atoms with van der Waals surface area (Å²) in [5.41, 5.74) is 1.15. The Bertz CT molecular complexity index is 2720. The summed E-state index contributed by atoms with van der Waals surface area (Å²) in [5.74, 6) is -6.44. The standard InChI is InChI=1S/C38H31ClF7N7O4S/c1-52-30-22(6-7-26(39)28(30)35(50-52)51-58(2,56)57)21-5-4-20(8-11-36(55)9-3-10-36)48-29(21)24(14-17-12-18(40)15-19(41)13-17)31(34(47)54)53-33-27(32(49-53)38(44,45)46)23-16-25(23)37(33,42)43/h4-7,12-13,15,23-25,31,55H,3,9-10,14,16H2,1-2H3,(H2,47,54)(H,50,51)/t23-,24+,25+,31?/m0/s1. The van der Waals surface area contributed by atoms with Crippen LogP contribution in [0.1, 0.15) is 77.5 Å². The van der Waals surface area contributed by atoms with Crippen molar-refractivity contribution in [3.05, 3.63) is 93.0 Å². The van der Waals surface area contributed by atoms with Crippen LogP contribution >= 0.6 is 11.6 Å². The number of aromatic nitrogens is 5. The molecule has 3 aliphatic carbocycles. The number of pyridine rings is 1. The second-order valence-electron chi connectivity index (χ2n) is 15.0. The van der Waals surface area contributed by atoms with Gasteiger partial charge in [0.25, 0.3) is 5.92 Å². The van der Waals surface area contributed by atoms with E-state index in [2.05, 4.69) is 26.8 Å². The number of nitrogens with zero attached hydrogens (tertiary/aromatic N) is 5. The van der Waals surface area contributed by atoms with Gasteiger partial charge in [0, 0.05) is 41.6 Å². The van der Waals surface area contributed by atoms with Crippen LogP contribution in [-0.2, 0) is 40.4 Å². The first-order valence-corrected chi connectivity index (χ1v) is 20.1. The highest BCUT2D eigenvalue weighted by atomic mass is 35.5. The van der Waals surface area contributed by atoms with Crippen LogP contribution in [0.15, 0.2) is 42.5 Å². The van der Waals surface area contributed by atoms with Gasteiger partial charge in [-0.2, -0.15) is 32.1 Å². The molecule has 0 saturated heterocycles. The molecule has 2 fully saturated rings. The lowest BCUT2D eigenvalue weighted by Gasteiger charge is -2.31. The first-order valence-electron chi connectivity index (χ1n) is 17.8. The van der Waals surface area contributed by atoms with Gasteiger partial charge in [-0.3, -0.25) is 14.2 Å². The molecule has 4 atom stereocenters. The number of hydrogen-bond acceptors (Lipinski definition) is 7. The lowest BCUT2D eigenvalue weighted by molar-refractivity contribution is -0.142. The van der Waals surface area contributed by atoms with Crippen LogP contribution in [0, 0.1) is 29.4 Å². The van der Waals surface area contributed by atoms with Gasteiger partial charge in [-0.1, -0.05) is 23.6 Å². The normalized spacial score (nSPS) is 20.1. The summed E-state index contributed by atoms with van der Waals surface area (Å²) >= 11 is 6.59. The Labute approximate surface area is 330 Å². The van der Waals surface area contributed by atoms with Crippen molar-refractivity contribution in [1.82, 2.24) is 24.5 Å². The van der Waals surface area contributed by atoms with Crippen LogP contribution in [0.4, 0.5) is 36.6 Å². The van der Waals surface area contributed by atoms with E-state index in [0.717, 1.165) is 18.4 Å². The van der Waals surface area contributed by atoms with Crippen molar-refractivity contribution < 1.29 is 49.1 Å². The number of amides is 1. The Morgan fingerprint density at radius 2 is 1.78 bits per heavy atom. The summed E-state index contributed by atoms with van der Waals surface area (Å²) in [6.07, 6.45) is -3.79. The van der Waals surface area contributed by atoms with E-state index >= 15 is 8.78 Å². The summed E-state index contributed by atoms with van der Waals surface area (Å²) < 4.78 is 134. The molecule has 58 heavy (non-hydrogen) atoms. The third-order valence-corrected chi connectivity index (χ3v) is 11.7. The molecular formula is C38H31ClF7N7O4S. The number of sulfonamides is 1. The fraction of sp³-hybridized carbons (Fsp3) is 0.368. The molecule has 20 heteroatoms. The Balaban J connectivity index is 1.43. The van der Waals surface area contributed by atoms with Crippen molar-refractivity contribution in [2.45, 2.75) is 67.7 Å². The Morgan fingerprint density at radius 3 is 2.38 bits per heavy atom. The average Bonchev–Trinajstić information content (AvgIpc) is 3.62. The van der Waals surface area contributed by atoms with Crippen molar-refractivity contribution in [3.8, 4) is 23.0 Å². The number of carbonyl (C=O) groups is 1. The number of rotatable bonds is 9. The predicted octanol–water partition coefficient (Wildman–Crippen LogP) is 6.68. The van der Waals surface area contributed by atoms with Crippen molar-refractivity contribution >= 4 is 44.3 Å². The van der Waals surface area contributed by atoms with Gasteiger partial charge >= 0.3 is 6.18 Å². The van der Waals surface area contributed by atoms with Gasteiger partial charge in [0.05, 0.1) is 27.9 Å². The molecule has 1 amide bonds. The number of primary amides is 1. The molecule has 0 bridgehead atoms. The third-order valence-electron chi connectivity index (χ3n) is 10.9. The number of benzene rings is 2. The maximum atomic E-state index is 16.1. The molecule has 1 unspecified atom stereocenters. The van der Waals surface area contributed by atoms with Gasteiger partial charge in [-0.15, -0.1) is 0 Å². The molecule has 2 aromatic carbocycles. The molecule has 4 N–H and O–H groups in total. The van der Waals surface area contributed by atoms with Crippen LogP contribution in [0.2, 0.25) is 5.02 Å². The van der Waals surface area contributed by atoms with Crippen molar-refractivity contribution in [3.63, 3.8) is 0 Å². The van der Waals surface area contributed by atoms with Crippen molar-refractivity contribution in [2.75, 3.05) is 11.0 Å². The lowest BCUT2D eigenvalue weighted by atomic mass is 9.81. The van der Waals surface area contributed by atoms with Crippen molar-refractivity contribution in [1.29, 1.82) is 0 Å². The number of nitrogens with one attached hydrogen (secondary N) is 1. The van der Waals surface area contributed by atoms with Gasteiger partial charge in [0.2, 0.25) is 15.9 Å². The summed E-state index contributed by atoms with van der Waals surface area (Å²) in [6.45, 7) is 0. The molecule has 8 rings (SSSR count). The highest BCUT2D eigenvalue weighted by Crippen LogP contribution is 2.69. The van der Waals surface area contributed by atoms with Gasteiger partial charge in [-0.05, 0) is 79.8 Å². The fourth-order valence-corrected chi connectivity index (χ4v) is 8.91.